The Morgan fingerprint density at radius 2 is 2.33 bits per heavy atom. The van der Waals surface area contributed by atoms with E-state index in [0.717, 1.165) is 5.01 Å². The van der Waals surface area contributed by atoms with Gasteiger partial charge in [0.15, 0.2) is 5.01 Å². The van der Waals surface area contributed by atoms with Crippen LogP contribution in [0.2, 0.25) is 0 Å². The van der Waals surface area contributed by atoms with Crippen molar-refractivity contribution in [1.82, 2.24) is 10.2 Å². The van der Waals surface area contributed by atoms with E-state index in [9.17, 15) is 0 Å². The van der Waals surface area contributed by atoms with E-state index >= 15 is 0 Å². The van der Waals surface area contributed by atoms with Crippen LogP contribution in [0.1, 0.15) is 30.3 Å². The van der Waals surface area contributed by atoms with Gasteiger partial charge >= 0.3 is 0 Å². The molecule has 0 unspecified atom stereocenters. The van der Waals surface area contributed by atoms with Crippen LogP contribution in [-0.2, 0) is 0 Å². The highest BCUT2D eigenvalue weighted by Gasteiger charge is 2.21. The minimum Gasteiger partial charge on any atom is -0.374 e. The van der Waals surface area contributed by atoms with E-state index in [1.807, 2.05) is 0 Å². The number of nitrogen functional groups attached to an aromatic ring is 1. The van der Waals surface area contributed by atoms with Crippen LogP contribution in [0, 0.1) is 0 Å². The van der Waals surface area contributed by atoms with Gasteiger partial charge in [0.1, 0.15) is 6.04 Å². The minimum atomic E-state index is 0.522. The van der Waals surface area contributed by atoms with E-state index in [1.165, 1.54) is 37.1 Å². The highest BCUT2D eigenvalue weighted by atomic mass is 32.1. The molecule has 4 N–H and O–H groups in total. The Hall–Kier alpha value is -0.680. The van der Waals surface area contributed by atoms with E-state index in [1.54, 1.807) is 0 Å². The lowest BCUT2D eigenvalue weighted by molar-refractivity contribution is -0.704. The maximum absolute atomic E-state index is 5.52. The highest BCUT2D eigenvalue weighted by molar-refractivity contribution is 7.15. The fourth-order valence-electron chi connectivity index (χ4n) is 1.57. The van der Waals surface area contributed by atoms with Gasteiger partial charge in [-0.15, -0.1) is 10.2 Å². The molecule has 1 saturated heterocycles. The summed E-state index contributed by atoms with van der Waals surface area (Å²) < 4.78 is 0. The number of nitrogens with two attached hydrogens (primary N) is 2. The fourth-order valence-corrected chi connectivity index (χ4v) is 2.31. The molecule has 0 amide bonds. The first-order chi connectivity index (χ1) is 5.86. The standard InChI is InChI=1S/C7H12N4S/c8-7-11-10-6(12-7)5-3-1-2-4-9-5/h5,9H,1-4H2,(H2,8,11)/p+1/t5-/m0/s1. The summed E-state index contributed by atoms with van der Waals surface area (Å²) in [5.41, 5.74) is 5.52. The van der Waals surface area contributed by atoms with Crippen molar-refractivity contribution < 1.29 is 5.32 Å². The van der Waals surface area contributed by atoms with Crippen molar-refractivity contribution in [1.29, 1.82) is 0 Å². The fraction of sp³-hybridized carbons (Fsp3) is 0.714. The van der Waals surface area contributed by atoms with Crippen LogP contribution >= 0.6 is 11.3 Å². The third-order valence-corrected chi connectivity index (χ3v) is 3.08. The summed E-state index contributed by atoms with van der Waals surface area (Å²) in [5.74, 6) is 0. The van der Waals surface area contributed by atoms with Crippen molar-refractivity contribution in [2.75, 3.05) is 12.3 Å². The number of nitrogens with zero attached hydrogens (tertiary/aromatic N) is 2. The van der Waals surface area contributed by atoms with Crippen LogP contribution in [0.5, 0.6) is 0 Å². The highest BCUT2D eigenvalue weighted by Crippen LogP contribution is 2.22. The van der Waals surface area contributed by atoms with Crippen LogP contribution in [0.4, 0.5) is 5.13 Å². The predicted octanol–water partition coefficient (Wildman–Crippen LogP) is -0.0913. The van der Waals surface area contributed by atoms with Crippen LogP contribution < -0.4 is 11.1 Å². The third kappa shape index (κ3) is 1.56. The number of anilines is 1. The summed E-state index contributed by atoms with van der Waals surface area (Å²) in [4.78, 5) is 0. The van der Waals surface area contributed by atoms with Gasteiger partial charge in [0.2, 0.25) is 5.13 Å². The molecule has 4 nitrogen and oxygen atoms in total. The lowest BCUT2D eigenvalue weighted by Crippen LogP contribution is -2.86. The lowest BCUT2D eigenvalue weighted by Gasteiger charge is -2.16. The maximum atomic E-state index is 5.52. The Balaban J connectivity index is 2.08. The number of quaternary nitrogens is 1. The molecule has 0 saturated carbocycles. The van der Waals surface area contributed by atoms with E-state index in [4.69, 9.17) is 5.73 Å². The molecule has 1 fully saturated rings. The van der Waals surface area contributed by atoms with Crippen molar-refractivity contribution >= 4 is 16.5 Å². The van der Waals surface area contributed by atoms with Gasteiger partial charge in [0, 0.05) is 6.42 Å². The molecule has 0 bridgehead atoms. The zero-order valence-electron chi connectivity index (χ0n) is 6.86. The first kappa shape index (κ1) is 7.94. The number of rotatable bonds is 1. The molecule has 1 aliphatic rings. The predicted molar refractivity (Wildman–Crippen MR) is 47.7 cm³/mol. The SMILES string of the molecule is Nc1nnc([C@@H]2CCCC[NH2+]2)s1. The van der Waals surface area contributed by atoms with E-state index in [0.29, 0.717) is 11.2 Å². The first-order valence-corrected chi connectivity index (χ1v) is 5.10. The Kier molecular flexibility index (Phi) is 2.23. The van der Waals surface area contributed by atoms with Crippen molar-refractivity contribution in [3.05, 3.63) is 5.01 Å². The van der Waals surface area contributed by atoms with Gasteiger partial charge in [-0.25, -0.2) is 0 Å². The second-order valence-electron chi connectivity index (χ2n) is 3.11. The van der Waals surface area contributed by atoms with Gasteiger partial charge in [-0.1, -0.05) is 11.3 Å². The minimum absolute atomic E-state index is 0.522. The molecular weight excluding hydrogens is 172 g/mol. The third-order valence-electron chi connectivity index (χ3n) is 2.19. The molecule has 0 aliphatic carbocycles. The molecule has 0 spiro atoms. The largest absolute Gasteiger partial charge is 0.374 e. The summed E-state index contributed by atoms with van der Waals surface area (Å²) in [6.07, 6.45) is 3.85. The van der Waals surface area contributed by atoms with Gasteiger partial charge in [-0.3, -0.25) is 0 Å². The topological polar surface area (TPSA) is 68.4 Å². The molecule has 2 rings (SSSR count). The molecule has 1 aromatic rings. The van der Waals surface area contributed by atoms with Gasteiger partial charge in [0.25, 0.3) is 0 Å². The number of aromatic nitrogens is 2. The summed E-state index contributed by atoms with van der Waals surface area (Å²) >= 11 is 1.52. The summed E-state index contributed by atoms with van der Waals surface area (Å²) in [6, 6.07) is 0.522. The molecule has 1 aliphatic heterocycles. The van der Waals surface area contributed by atoms with E-state index in [-0.39, 0.29) is 0 Å². The van der Waals surface area contributed by atoms with E-state index in [2.05, 4.69) is 15.5 Å². The van der Waals surface area contributed by atoms with Gasteiger partial charge in [-0.05, 0) is 12.8 Å². The summed E-state index contributed by atoms with van der Waals surface area (Å²) in [7, 11) is 0. The molecule has 1 atom stereocenters. The Bertz CT molecular complexity index is 254. The van der Waals surface area contributed by atoms with Gasteiger partial charge in [0.05, 0.1) is 6.54 Å². The van der Waals surface area contributed by atoms with Crippen molar-refractivity contribution in [3.8, 4) is 0 Å². The van der Waals surface area contributed by atoms with Crippen molar-refractivity contribution in [3.63, 3.8) is 0 Å². The molecule has 1 aromatic heterocycles. The Labute approximate surface area is 75.2 Å². The first-order valence-electron chi connectivity index (χ1n) is 4.28. The van der Waals surface area contributed by atoms with Crippen LogP contribution in [0.15, 0.2) is 0 Å². The molecule has 66 valence electrons. The van der Waals surface area contributed by atoms with Gasteiger partial charge < -0.3 is 11.1 Å². The van der Waals surface area contributed by atoms with Crippen LogP contribution in [-0.4, -0.2) is 16.7 Å². The lowest BCUT2D eigenvalue weighted by atomic mass is 10.1. The smallest absolute Gasteiger partial charge is 0.203 e. The summed E-state index contributed by atoms with van der Waals surface area (Å²) in [6.45, 7) is 1.21. The van der Waals surface area contributed by atoms with E-state index < -0.39 is 0 Å². The normalized spacial score (nSPS) is 24.2. The number of hydrogen-bond acceptors (Lipinski definition) is 4. The number of piperidine rings is 1. The molecule has 12 heavy (non-hydrogen) atoms. The summed E-state index contributed by atoms with van der Waals surface area (Å²) in [5, 5.41) is 11.9. The molecule has 2 heterocycles. The zero-order chi connectivity index (χ0) is 8.39. The zero-order valence-corrected chi connectivity index (χ0v) is 7.68. The molecule has 5 heteroatoms. The maximum Gasteiger partial charge on any atom is 0.203 e. The van der Waals surface area contributed by atoms with Crippen LogP contribution in [0.25, 0.3) is 0 Å². The molecule has 0 aromatic carbocycles. The Morgan fingerprint density at radius 1 is 1.42 bits per heavy atom. The number of hydrogen-bond donors (Lipinski definition) is 2. The monoisotopic (exact) mass is 185 g/mol. The second kappa shape index (κ2) is 3.37. The molecular formula is C7H13N4S+. The van der Waals surface area contributed by atoms with Crippen molar-refractivity contribution in [2.45, 2.75) is 25.3 Å². The van der Waals surface area contributed by atoms with Crippen molar-refractivity contribution in [2.24, 2.45) is 0 Å². The second-order valence-corrected chi connectivity index (χ2v) is 4.15. The average Bonchev–Trinajstić information content (AvgIpc) is 2.54. The average molecular weight is 185 g/mol. The quantitative estimate of drug-likeness (QED) is 0.642. The Morgan fingerprint density at radius 3 is 2.92 bits per heavy atom. The van der Waals surface area contributed by atoms with Gasteiger partial charge in [-0.2, -0.15) is 0 Å². The van der Waals surface area contributed by atoms with Crippen LogP contribution in [0.3, 0.4) is 0 Å². The molecule has 0 radical (unpaired) electrons.